The number of amides is 2. The molecule has 3 heterocycles. The first-order chi connectivity index (χ1) is 16.1. The number of aromatic nitrogens is 1. The Kier molecular flexibility index (Phi) is 7.91. The maximum Gasteiger partial charge on any atom is 0.242 e. The van der Waals surface area contributed by atoms with Crippen LogP contribution in [-0.4, -0.2) is 72.7 Å². The highest BCUT2D eigenvalue weighted by molar-refractivity contribution is 5.86. The minimum Gasteiger partial charge on any atom is -0.497 e. The molecule has 2 aromatic rings. The molecule has 2 aliphatic rings. The van der Waals surface area contributed by atoms with E-state index in [0.717, 1.165) is 16.9 Å². The average molecular weight is 454 g/mol. The van der Waals surface area contributed by atoms with E-state index in [9.17, 15) is 9.59 Å². The first-order valence-electron chi connectivity index (χ1n) is 11.4. The molecule has 0 radical (unpaired) electrons. The van der Waals surface area contributed by atoms with Gasteiger partial charge in [0.05, 0.1) is 26.4 Å². The highest BCUT2D eigenvalue weighted by Crippen LogP contribution is 2.21. The summed E-state index contributed by atoms with van der Waals surface area (Å²) in [5.41, 5.74) is 1.96. The van der Waals surface area contributed by atoms with Gasteiger partial charge in [0.25, 0.3) is 0 Å². The summed E-state index contributed by atoms with van der Waals surface area (Å²) in [4.78, 5) is 34.0. The molecule has 1 atom stereocenters. The van der Waals surface area contributed by atoms with Gasteiger partial charge in [0.15, 0.2) is 0 Å². The van der Waals surface area contributed by atoms with E-state index in [4.69, 9.17) is 14.2 Å². The van der Waals surface area contributed by atoms with Crippen LogP contribution in [0.2, 0.25) is 0 Å². The van der Waals surface area contributed by atoms with E-state index in [0.29, 0.717) is 52.3 Å². The standard InChI is InChI=1S/C25H31N3O5/c1-31-22-6-4-19(5-7-22)14-27-15-23(33-18-20-3-2-10-26-13-20)16-28(17-24(27)29)25(30)21-8-11-32-12-9-21/h2-7,10,13,21,23H,8-9,11-12,14-18H2,1H3/t23-/m0/s1. The minimum absolute atomic E-state index is 0.0212. The topological polar surface area (TPSA) is 81.2 Å². The number of pyridine rings is 1. The number of methoxy groups -OCH3 is 1. The van der Waals surface area contributed by atoms with Crippen LogP contribution in [0, 0.1) is 5.92 Å². The van der Waals surface area contributed by atoms with Crippen molar-refractivity contribution in [3.05, 3.63) is 59.9 Å². The van der Waals surface area contributed by atoms with Crippen molar-refractivity contribution in [3.8, 4) is 5.75 Å². The largest absolute Gasteiger partial charge is 0.497 e. The Balaban J connectivity index is 1.48. The molecule has 176 valence electrons. The number of nitrogens with zero attached hydrogens (tertiary/aromatic N) is 3. The van der Waals surface area contributed by atoms with Crippen LogP contribution in [0.25, 0.3) is 0 Å². The fraction of sp³-hybridized carbons (Fsp3) is 0.480. The zero-order valence-electron chi connectivity index (χ0n) is 19.0. The van der Waals surface area contributed by atoms with Crippen molar-refractivity contribution in [2.45, 2.75) is 32.1 Å². The fourth-order valence-electron chi connectivity index (χ4n) is 4.26. The molecule has 0 N–H and O–H groups in total. The Labute approximate surface area is 194 Å². The maximum absolute atomic E-state index is 13.2. The van der Waals surface area contributed by atoms with Crippen LogP contribution in [0.15, 0.2) is 48.8 Å². The quantitative estimate of drug-likeness (QED) is 0.640. The second-order valence-corrected chi connectivity index (χ2v) is 8.52. The molecule has 2 fully saturated rings. The van der Waals surface area contributed by atoms with Gasteiger partial charge in [0.2, 0.25) is 11.8 Å². The van der Waals surface area contributed by atoms with Gasteiger partial charge in [-0.05, 0) is 42.2 Å². The summed E-state index contributed by atoms with van der Waals surface area (Å²) in [5.74, 6) is 0.622. The van der Waals surface area contributed by atoms with E-state index in [1.54, 1.807) is 29.3 Å². The SMILES string of the molecule is COc1ccc(CN2C[C@H](OCc3cccnc3)CN(C(=O)C3CCOCC3)CC2=O)cc1. The van der Waals surface area contributed by atoms with Gasteiger partial charge < -0.3 is 24.0 Å². The lowest BCUT2D eigenvalue weighted by Gasteiger charge is -2.29. The van der Waals surface area contributed by atoms with Crippen molar-refractivity contribution < 1.29 is 23.8 Å². The van der Waals surface area contributed by atoms with E-state index in [1.165, 1.54) is 0 Å². The van der Waals surface area contributed by atoms with E-state index in [-0.39, 0.29) is 30.4 Å². The predicted octanol–water partition coefficient (Wildman–Crippen LogP) is 2.27. The number of ether oxygens (including phenoxy) is 3. The summed E-state index contributed by atoms with van der Waals surface area (Å²) in [5, 5.41) is 0. The van der Waals surface area contributed by atoms with Crippen molar-refractivity contribution >= 4 is 11.8 Å². The molecule has 8 nitrogen and oxygen atoms in total. The summed E-state index contributed by atoms with van der Waals surface area (Å²) < 4.78 is 16.8. The zero-order valence-corrected chi connectivity index (χ0v) is 19.0. The van der Waals surface area contributed by atoms with Gasteiger partial charge in [0.1, 0.15) is 5.75 Å². The lowest BCUT2D eigenvalue weighted by molar-refractivity contribution is -0.143. The molecule has 1 aromatic carbocycles. The zero-order chi connectivity index (χ0) is 23.0. The van der Waals surface area contributed by atoms with Crippen LogP contribution in [-0.2, 0) is 32.2 Å². The number of carbonyl (C=O) groups is 2. The Morgan fingerprint density at radius 3 is 2.61 bits per heavy atom. The van der Waals surface area contributed by atoms with Crippen molar-refractivity contribution in [2.24, 2.45) is 5.92 Å². The lowest BCUT2D eigenvalue weighted by Crippen LogP contribution is -2.44. The number of hydrogen-bond acceptors (Lipinski definition) is 6. The van der Waals surface area contributed by atoms with Gasteiger partial charge in [-0.1, -0.05) is 18.2 Å². The Morgan fingerprint density at radius 1 is 1.12 bits per heavy atom. The molecule has 4 rings (SSSR count). The number of benzene rings is 1. The van der Waals surface area contributed by atoms with E-state index in [1.807, 2.05) is 36.4 Å². The molecule has 0 bridgehead atoms. The minimum atomic E-state index is -0.293. The molecule has 1 aromatic heterocycles. The highest BCUT2D eigenvalue weighted by Gasteiger charge is 2.34. The average Bonchev–Trinajstić information content (AvgIpc) is 3.02. The van der Waals surface area contributed by atoms with Crippen molar-refractivity contribution in [3.63, 3.8) is 0 Å². The van der Waals surface area contributed by atoms with Crippen molar-refractivity contribution in [2.75, 3.05) is 40.0 Å². The van der Waals surface area contributed by atoms with Crippen LogP contribution in [0.5, 0.6) is 5.75 Å². The summed E-state index contributed by atoms with van der Waals surface area (Å²) in [6, 6.07) is 11.5. The third-order valence-corrected chi connectivity index (χ3v) is 6.15. The smallest absolute Gasteiger partial charge is 0.242 e. The number of hydrogen-bond donors (Lipinski definition) is 0. The van der Waals surface area contributed by atoms with Crippen LogP contribution >= 0.6 is 0 Å². The first-order valence-corrected chi connectivity index (χ1v) is 11.4. The molecular weight excluding hydrogens is 422 g/mol. The molecule has 0 spiro atoms. The van der Waals surface area contributed by atoms with Gasteiger partial charge in [0, 0.05) is 51.2 Å². The highest BCUT2D eigenvalue weighted by atomic mass is 16.5. The van der Waals surface area contributed by atoms with Gasteiger partial charge in [-0.15, -0.1) is 0 Å². The number of carbonyl (C=O) groups excluding carboxylic acids is 2. The Hall–Kier alpha value is -2.97. The molecule has 0 saturated carbocycles. The maximum atomic E-state index is 13.2. The lowest BCUT2D eigenvalue weighted by atomic mass is 9.98. The Morgan fingerprint density at radius 2 is 1.91 bits per heavy atom. The van der Waals surface area contributed by atoms with Gasteiger partial charge in [-0.2, -0.15) is 0 Å². The fourth-order valence-corrected chi connectivity index (χ4v) is 4.26. The molecule has 33 heavy (non-hydrogen) atoms. The van der Waals surface area contributed by atoms with Crippen molar-refractivity contribution in [1.82, 2.24) is 14.8 Å². The summed E-state index contributed by atoms with van der Waals surface area (Å²) in [6.07, 6.45) is 4.58. The monoisotopic (exact) mass is 453 g/mol. The second kappa shape index (κ2) is 11.2. The first kappa shape index (κ1) is 23.2. The van der Waals surface area contributed by atoms with E-state index < -0.39 is 0 Å². The van der Waals surface area contributed by atoms with E-state index >= 15 is 0 Å². The molecule has 0 aliphatic carbocycles. The molecule has 2 aliphatic heterocycles. The normalized spacial score (nSPS) is 19.9. The predicted molar refractivity (Wildman–Crippen MR) is 121 cm³/mol. The molecule has 2 amide bonds. The van der Waals surface area contributed by atoms with Crippen LogP contribution in [0.4, 0.5) is 0 Å². The summed E-state index contributed by atoms with van der Waals surface area (Å²) >= 11 is 0. The third-order valence-electron chi connectivity index (χ3n) is 6.15. The number of rotatable bonds is 7. The molecule has 0 unspecified atom stereocenters. The van der Waals surface area contributed by atoms with Crippen molar-refractivity contribution in [1.29, 1.82) is 0 Å². The third kappa shape index (κ3) is 6.30. The van der Waals surface area contributed by atoms with E-state index in [2.05, 4.69) is 4.98 Å². The summed E-state index contributed by atoms with van der Waals surface area (Å²) in [6.45, 7) is 2.88. The summed E-state index contributed by atoms with van der Waals surface area (Å²) in [7, 11) is 1.63. The molecule has 2 saturated heterocycles. The van der Waals surface area contributed by atoms with Gasteiger partial charge >= 0.3 is 0 Å². The van der Waals surface area contributed by atoms with Crippen LogP contribution < -0.4 is 4.74 Å². The van der Waals surface area contributed by atoms with Crippen LogP contribution in [0.3, 0.4) is 0 Å². The molecule has 8 heteroatoms. The van der Waals surface area contributed by atoms with Gasteiger partial charge in [-0.3, -0.25) is 14.6 Å². The second-order valence-electron chi connectivity index (χ2n) is 8.52. The van der Waals surface area contributed by atoms with Gasteiger partial charge in [-0.25, -0.2) is 0 Å². The van der Waals surface area contributed by atoms with Crippen LogP contribution in [0.1, 0.15) is 24.0 Å². The molecular formula is C25H31N3O5. The Bertz CT molecular complexity index is 915.